The van der Waals surface area contributed by atoms with E-state index in [0.29, 0.717) is 10.7 Å². The number of halogens is 1. The predicted octanol–water partition coefficient (Wildman–Crippen LogP) is 2.52. The minimum absolute atomic E-state index is 0.0978. The zero-order valence-corrected chi connectivity index (χ0v) is 19.9. The fourth-order valence-electron chi connectivity index (χ4n) is 6.02. The van der Waals surface area contributed by atoms with Crippen LogP contribution in [0.2, 0.25) is 5.02 Å². The van der Waals surface area contributed by atoms with Crippen molar-refractivity contribution in [2.45, 2.75) is 55.9 Å². The van der Waals surface area contributed by atoms with Gasteiger partial charge >= 0.3 is 0 Å². The van der Waals surface area contributed by atoms with Gasteiger partial charge in [0.25, 0.3) is 0 Å². The van der Waals surface area contributed by atoms with E-state index in [2.05, 4.69) is 10.6 Å². The molecule has 0 radical (unpaired) electrons. The van der Waals surface area contributed by atoms with Crippen LogP contribution in [0.3, 0.4) is 0 Å². The number of hydrogen-bond donors (Lipinski definition) is 2. The van der Waals surface area contributed by atoms with Crippen LogP contribution in [0.4, 0.5) is 5.69 Å². The summed E-state index contributed by atoms with van der Waals surface area (Å²) < 4.78 is 11.5. The van der Waals surface area contributed by atoms with Crippen molar-refractivity contribution in [3.05, 3.63) is 41.4 Å². The number of rotatable bonds is 7. The second kappa shape index (κ2) is 9.32. The highest BCUT2D eigenvalue weighted by Gasteiger charge is 2.72. The van der Waals surface area contributed by atoms with E-state index < -0.39 is 29.6 Å². The van der Waals surface area contributed by atoms with Crippen LogP contribution in [0, 0.1) is 11.8 Å². The summed E-state index contributed by atoms with van der Waals surface area (Å²) in [4.78, 5) is 42.2. The van der Waals surface area contributed by atoms with Gasteiger partial charge in [0.05, 0.1) is 24.5 Å². The number of anilines is 1. The van der Waals surface area contributed by atoms with Gasteiger partial charge in [-0.15, -0.1) is 0 Å². The van der Waals surface area contributed by atoms with Crippen molar-refractivity contribution in [3.63, 3.8) is 0 Å². The van der Waals surface area contributed by atoms with Gasteiger partial charge < -0.3 is 25.0 Å². The van der Waals surface area contributed by atoms with Gasteiger partial charge in [-0.05, 0) is 31.0 Å². The number of hydrogen-bond acceptors (Lipinski definition) is 5. The normalized spacial score (nSPS) is 32.2. The molecule has 8 nitrogen and oxygen atoms in total. The number of benzene rings is 1. The monoisotopic (exact) mass is 487 g/mol. The van der Waals surface area contributed by atoms with Crippen molar-refractivity contribution >= 4 is 35.0 Å². The van der Waals surface area contributed by atoms with Crippen LogP contribution in [-0.4, -0.2) is 66.7 Å². The Labute approximate surface area is 204 Å². The lowest BCUT2D eigenvalue weighted by molar-refractivity contribution is -0.142. The third-order valence-corrected chi connectivity index (χ3v) is 7.74. The maximum atomic E-state index is 13.7. The molecule has 34 heavy (non-hydrogen) atoms. The second-order valence-corrected chi connectivity index (χ2v) is 10.0. The molecule has 9 heteroatoms. The molecule has 1 aromatic carbocycles. The molecule has 3 fully saturated rings. The maximum absolute atomic E-state index is 13.7. The lowest BCUT2D eigenvalue weighted by Crippen LogP contribution is -2.57. The topological polar surface area (TPSA) is 97.0 Å². The third kappa shape index (κ3) is 3.91. The van der Waals surface area contributed by atoms with Crippen LogP contribution >= 0.6 is 11.6 Å². The lowest BCUT2D eigenvalue weighted by atomic mass is 9.74. The van der Waals surface area contributed by atoms with Crippen LogP contribution in [0.1, 0.15) is 32.1 Å². The summed E-state index contributed by atoms with van der Waals surface area (Å²) in [5.74, 6) is -2.31. The Balaban J connectivity index is 1.42. The van der Waals surface area contributed by atoms with E-state index in [4.69, 9.17) is 21.1 Å². The van der Waals surface area contributed by atoms with Crippen LogP contribution in [0.25, 0.3) is 0 Å². The molecule has 2 N–H and O–H groups in total. The molecule has 3 heterocycles. The minimum atomic E-state index is -1.16. The SMILES string of the molecule is COCCN1C(=O)C2C(C(=O)Nc3cccc(Cl)c3)C3C=CC2(O3)C1C(=O)NC1CCCCC1. The molecule has 3 amide bonds. The van der Waals surface area contributed by atoms with Crippen LogP contribution in [0.15, 0.2) is 36.4 Å². The Morgan fingerprint density at radius 3 is 2.76 bits per heavy atom. The van der Waals surface area contributed by atoms with Gasteiger partial charge in [-0.1, -0.05) is 49.1 Å². The zero-order valence-electron chi connectivity index (χ0n) is 19.2. The van der Waals surface area contributed by atoms with Gasteiger partial charge in [-0.25, -0.2) is 0 Å². The van der Waals surface area contributed by atoms with Crippen LogP contribution in [-0.2, 0) is 23.9 Å². The maximum Gasteiger partial charge on any atom is 0.246 e. The average Bonchev–Trinajstić information content (AvgIpc) is 3.45. The largest absolute Gasteiger partial charge is 0.383 e. The van der Waals surface area contributed by atoms with Crippen LogP contribution in [0.5, 0.6) is 0 Å². The van der Waals surface area contributed by atoms with Crippen molar-refractivity contribution in [1.29, 1.82) is 0 Å². The first-order valence-corrected chi connectivity index (χ1v) is 12.4. The van der Waals surface area contributed by atoms with Gasteiger partial charge in [0, 0.05) is 30.4 Å². The highest BCUT2D eigenvalue weighted by Crippen LogP contribution is 2.55. The van der Waals surface area contributed by atoms with E-state index in [0.717, 1.165) is 25.7 Å². The molecule has 4 aliphatic rings. The molecule has 1 spiro atoms. The summed E-state index contributed by atoms with van der Waals surface area (Å²) in [5.41, 5.74) is -0.614. The fraction of sp³-hybridized carbons (Fsp3) is 0.560. The molecule has 5 rings (SSSR count). The van der Waals surface area contributed by atoms with E-state index in [-0.39, 0.29) is 36.9 Å². The fourth-order valence-corrected chi connectivity index (χ4v) is 6.21. The molecule has 1 aromatic rings. The van der Waals surface area contributed by atoms with Gasteiger partial charge in [-0.2, -0.15) is 0 Å². The Morgan fingerprint density at radius 2 is 2.03 bits per heavy atom. The molecule has 3 aliphatic heterocycles. The minimum Gasteiger partial charge on any atom is -0.383 e. The molecular formula is C25H30ClN3O5. The summed E-state index contributed by atoms with van der Waals surface area (Å²) in [6, 6.07) is 6.12. The summed E-state index contributed by atoms with van der Waals surface area (Å²) in [5, 5.41) is 6.54. The number of likely N-dealkylation sites (tertiary alicyclic amines) is 1. The number of amides is 3. The number of methoxy groups -OCH3 is 1. The smallest absolute Gasteiger partial charge is 0.246 e. The third-order valence-electron chi connectivity index (χ3n) is 7.51. The van der Waals surface area contributed by atoms with Crippen molar-refractivity contribution < 1.29 is 23.9 Å². The van der Waals surface area contributed by atoms with E-state index in [1.165, 1.54) is 11.3 Å². The van der Waals surface area contributed by atoms with Crippen LogP contribution < -0.4 is 10.6 Å². The number of carbonyl (C=O) groups is 3. The zero-order chi connectivity index (χ0) is 23.9. The van der Waals surface area contributed by atoms with Crippen molar-refractivity contribution in [2.24, 2.45) is 11.8 Å². The molecule has 1 saturated carbocycles. The summed E-state index contributed by atoms with van der Waals surface area (Å²) >= 11 is 6.06. The molecular weight excluding hydrogens is 458 g/mol. The Bertz CT molecular complexity index is 1010. The first-order valence-electron chi connectivity index (χ1n) is 12.0. The molecule has 0 aromatic heterocycles. The lowest BCUT2D eigenvalue weighted by Gasteiger charge is -2.34. The highest BCUT2D eigenvalue weighted by molar-refractivity contribution is 6.30. The van der Waals surface area contributed by atoms with Crippen molar-refractivity contribution in [2.75, 3.05) is 25.6 Å². The molecule has 2 saturated heterocycles. The van der Waals surface area contributed by atoms with E-state index >= 15 is 0 Å². The molecule has 2 bridgehead atoms. The standard InChI is InChI=1S/C25H30ClN3O5/c1-33-13-12-29-21(23(31)27-16-7-3-2-4-8-16)25-11-10-18(34-25)19(20(25)24(29)32)22(30)28-17-9-5-6-15(26)14-17/h5-6,9-11,14,16,18-21H,2-4,7-8,12-13H2,1H3,(H,27,31)(H,28,30). The first-order chi connectivity index (χ1) is 16.4. The molecule has 5 atom stereocenters. The average molecular weight is 488 g/mol. The van der Waals surface area contributed by atoms with Gasteiger partial charge in [0.2, 0.25) is 17.7 Å². The van der Waals surface area contributed by atoms with E-state index in [1.54, 1.807) is 31.4 Å². The highest BCUT2D eigenvalue weighted by atomic mass is 35.5. The molecule has 182 valence electrons. The van der Waals surface area contributed by atoms with E-state index in [1.807, 2.05) is 12.2 Å². The van der Waals surface area contributed by atoms with Gasteiger partial charge in [0.1, 0.15) is 11.6 Å². The number of nitrogens with one attached hydrogen (secondary N) is 2. The number of carbonyl (C=O) groups excluding carboxylic acids is 3. The van der Waals surface area contributed by atoms with Crippen molar-refractivity contribution in [1.82, 2.24) is 10.2 Å². The number of fused-ring (bicyclic) bond motifs is 1. The molecule has 5 unspecified atom stereocenters. The Hall–Kier alpha value is -2.42. The number of ether oxygens (including phenoxy) is 2. The summed E-state index contributed by atoms with van der Waals surface area (Å²) in [6.45, 7) is 0.537. The summed E-state index contributed by atoms with van der Waals surface area (Å²) in [6.07, 6.45) is 8.28. The van der Waals surface area contributed by atoms with Gasteiger partial charge in [-0.3, -0.25) is 14.4 Å². The number of nitrogens with zero attached hydrogens (tertiary/aromatic N) is 1. The van der Waals surface area contributed by atoms with Crippen molar-refractivity contribution in [3.8, 4) is 0 Å². The Morgan fingerprint density at radius 1 is 1.24 bits per heavy atom. The quantitative estimate of drug-likeness (QED) is 0.576. The van der Waals surface area contributed by atoms with Gasteiger partial charge in [0.15, 0.2) is 0 Å². The second-order valence-electron chi connectivity index (χ2n) is 9.57. The first kappa shape index (κ1) is 23.3. The summed E-state index contributed by atoms with van der Waals surface area (Å²) in [7, 11) is 1.56. The predicted molar refractivity (Wildman–Crippen MR) is 126 cm³/mol. The van der Waals surface area contributed by atoms with E-state index in [9.17, 15) is 14.4 Å². The molecule has 1 aliphatic carbocycles. The Kier molecular flexibility index (Phi) is 6.39.